The van der Waals surface area contributed by atoms with Crippen LogP contribution in [0, 0.1) is 17.1 Å². The summed E-state index contributed by atoms with van der Waals surface area (Å²) in [6.45, 7) is 0. The number of benzene rings is 3. The lowest BCUT2D eigenvalue weighted by molar-refractivity contribution is -0.106. The molecule has 162 valence electrons. The second kappa shape index (κ2) is 7.25. The zero-order valence-electron chi connectivity index (χ0n) is 17.8. The van der Waals surface area contributed by atoms with Gasteiger partial charge in [-0.2, -0.15) is 5.26 Å². The third kappa shape index (κ3) is 2.64. The Bertz CT molecular complexity index is 1240. The molecule has 3 aromatic carbocycles. The van der Waals surface area contributed by atoms with E-state index in [4.69, 9.17) is 14.2 Å². The molecule has 0 spiro atoms. The summed E-state index contributed by atoms with van der Waals surface area (Å²) >= 11 is 0. The summed E-state index contributed by atoms with van der Waals surface area (Å²) in [5, 5.41) is 21.5. The first kappa shape index (κ1) is 20.3. The van der Waals surface area contributed by atoms with Crippen LogP contribution in [0.1, 0.15) is 41.0 Å². The van der Waals surface area contributed by atoms with Crippen LogP contribution in [0.5, 0.6) is 17.2 Å². The van der Waals surface area contributed by atoms with Gasteiger partial charge in [0.15, 0.2) is 5.60 Å². The van der Waals surface area contributed by atoms with Gasteiger partial charge in [0.1, 0.15) is 28.7 Å². The van der Waals surface area contributed by atoms with Crippen molar-refractivity contribution < 1.29 is 23.7 Å². The van der Waals surface area contributed by atoms with E-state index in [-0.39, 0.29) is 11.7 Å². The summed E-state index contributed by atoms with van der Waals surface area (Å²) in [6.07, 6.45) is 0.971. The second-order valence-electron chi connectivity index (χ2n) is 8.24. The number of hydrogen-bond donors (Lipinski definition) is 1. The molecule has 1 heterocycles. The van der Waals surface area contributed by atoms with Gasteiger partial charge in [-0.3, -0.25) is 0 Å². The van der Waals surface area contributed by atoms with E-state index in [1.54, 1.807) is 56.7 Å². The van der Waals surface area contributed by atoms with Crippen molar-refractivity contribution in [3.05, 3.63) is 88.7 Å². The molecule has 0 bridgehead atoms. The number of hydrogen-bond acceptors (Lipinski definition) is 5. The average molecular weight is 431 g/mol. The van der Waals surface area contributed by atoms with Crippen molar-refractivity contribution in [2.75, 3.05) is 14.2 Å². The molecule has 3 unspecified atom stereocenters. The molecular formula is C26H22FNO4. The van der Waals surface area contributed by atoms with E-state index in [9.17, 15) is 14.8 Å². The molecule has 1 N–H and O–H groups in total. The normalized spacial score (nSPS) is 25.4. The molecule has 0 saturated heterocycles. The second-order valence-corrected chi connectivity index (χ2v) is 8.24. The molecule has 1 fully saturated rings. The Balaban J connectivity index is 1.78. The Hall–Kier alpha value is -3.56. The van der Waals surface area contributed by atoms with Crippen molar-refractivity contribution in [1.82, 2.24) is 0 Å². The Morgan fingerprint density at radius 1 is 1.09 bits per heavy atom. The van der Waals surface area contributed by atoms with E-state index in [2.05, 4.69) is 6.07 Å². The Kier molecular flexibility index (Phi) is 4.61. The first-order chi connectivity index (χ1) is 15.5. The SMILES string of the molecule is COc1cc(OC)c2c(c1)OC1(c3ccc(C#N)cc3)C(c3cccc(F)c3)CCC21O. The van der Waals surface area contributed by atoms with Crippen LogP contribution in [0.4, 0.5) is 4.39 Å². The maximum atomic E-state index is 14.2. The van der Waals surface area contributed by atoms with Crippen molar-refractivity contribution >= 4 is 0 Å². The minimum Gasteiger partial charge on any atom is -0.496 e. The van der Waals surface area contributed by atoms with Gasteiger partial charge in [-0.05, 0) is 48.2 Å². The predicted molar refractivity (Wildman–Crippen MR) is 115 cm³/mol. The predicted octanol–water partition coefficient (Wildman–Crippen LogP) is 4.77. The fourth-order valence-corrected chi connectivity index (χ4v) is 5.42. The first-order valence-electron chi connectivity index (χ1n) is 10.4. The number of fused-ring (bicyclic) bond motifs is 3. The van der Waals surface area contributed by atoms with Crippen molar-refractivity contribution in [1.29, 1.82) is 5.26 Å². The summed E-state index contributed by atoms with van der Waals surface area (Å²) in [5.41, 5.74) is -0.137. The van der Waals surface area contributed by atoms with Gasteiger partial charge in [0.05, 0.1) is 31.4 Å². The summed E-state index contributed by atoms with van der Waals surface area (Å²) in [5.74, 6) is 0.801. The van der Waals surface area contributed by atoms with Gasteiger partial charge < -0.3 is 19.3 Å². The lowest BCUT2D eigenvalue weighted by atomic mass is 9.71. The standard InChI is InChI=1S/C26H22FNO4/c1-30-20-13-22(31-2)24-23(14-20)32-26(18-8-6-16(15-28)7-9-18)21(10-11-25(24,26)29)17-4-3-5-19(27)12-17/h3-9,12-14,21,29H,10-11H2,1-2H3. The molecule has 32 heavy (non-hydrogen) atoms. The third-order valence-corrected chi connectivity index (χ3v) is 6.77. The zero-order chi connectivity index (χ0) is 22.5. The summed E-state index contributed by atoms with van der Waals surface area (Å²) in [7, 11) is 3.09. The molecule has 5 rings (SSSR count). The van der Waals surface area contributed by atoms with Crippen LogP contribution in [0.2, 0.25) is 0 Å². The number of rotatable bonds is 4. The topological polar surface area (TPSA) is 71.7 Å². The first-order valence-corrected chi connectivity index (χ1v) is 10.4. The highest BCUT2D eigenvalue weighted by Crippen LogP contribution is 2.68. The van der Waals surface area contributed by atoms with E-state index in [0.717, 1.165) is 5.56 Å². The van der Waals surface area contributed by atoms with Crippen molar-refractivity contribution in [2.45, 2.75) is 30.0 Å². The van der Waals surface area contributed by atoms with Crippen LogP contribution in [0.15, 0.2) is 60.7 Å². The third-order valence-electron chi connectivity index (χ3n) is 6.77. The van der Waals surface area contributed by atoms with Crippen LogP contribution >= 0.6 is 0 Å². The number of nitriles is 1. The van der Waals surface area contributed by atoms with E-state index in [0.29, 0.717) is 46.8 Å². The molecular weight excluding hydrogens is 409 g/mol. The monoisotopic (exact) mass is 431 g/mol. The summed E-state index contributed by atoms with van der Waals surface area (Å²) in [4.78, 5) is 0. The zero-order valence-corrected chi connectivity index (χ0v) is 17.8. The van der Waals surface area contributed by atoms with E-state index in [1.807, 2.05) is 6.07 Å². The van der Waals surface area contributed by atoms with Crippen LogP contribution < -0.4 is 14.2 Å². The van der Waals surface area contributed by atoms with Crippen LogP contribution in [0.3, 0.4) is 0 Å². The smallest absolute Gasteiger partial charge is 0.174 e. The van der Waals surface area contributed by atoms with Gasteiger partial charge in [-0.15, -0.1) is 0 Å². The number of aliphatic hydroxyl groups is 1. The number of halogens is 1. The molecule has 0 radical (unpaired) electrons. The van der Waals surface area contributed by atoms with Crippen molar-refractivity contribution in [3.8, 4) is 23.3 Å². The van der Waals surface area contributed by atoms with Crippen LogP contribution in [-0.4, -0.2) is 19.3 Å². The van der Waals surface area contributed by atoms with Crippen LogP contribution in [0.25, 0.3) is 0 Å². The number of methoxy groups -OCH3 is 2. The fraction of sp³-hybridized carbons (Fsp3) is 0.269. The maximum absolute atomic E-state index is 14.2. The highest BCUT2D eigenvalue weighted by Gasteiger charge is 2.69. The van der Waals surface area contributed by atoms with E-state index < -0.39 is 11.2 Å². The Morgan fingerprint density at radius 2 is 1.88 bits per heavy atom. The minimum absolute atomic E-state index is 0.334. The Morgan fingerprint density at radius 3 is 2.53 bits per heavy atom. The van der Waals surface area contributed by atoms with Gasteiger partial charge in [-0.25, -0.2) is 4.39 Å². The Labute approximate surface area is 185 Å². The van der Waals surface area contributed by atoms with Crippen LogP contribution in [-0.2, 0) is 11.2 Å². The highest BCUT2D eigenvalue weighted by atomic mass is 19.1. The quantitative estimate of drug-likeness (QED) is 0.645. The number of ether oxygens (including phenoxy) is 3. The molecule has 0 aromatic heterocycles. The molecule has 6 heteroatoms. The number of nitrogens with zero attached hydrogens (tertiary/aromatic N) is 1. The van der Waals surface area contributed by atoms with Gasteiger partial charge in [0.25, 0.3) is 0 Å². The molecule has 1 aliphatic carbocycles. The van der Waals surface area contributed by atoms with E-state index >= 15 is 0 Å². The van der Waals surface area contributed by atoms with E-state index in [1.165, 1.54) is 12.1 Å². The average Bonchev–Trinajstić information content (AvgIpc) is 3.25. The molecule has 1 saturated carbocycles. The molecule has 2 aliphatic rings. The lowest BCUT2D eigenvalue weighted by Crippen LogP contribution is -2.48. The molecule has 1 aliphatic heterocycles. The van der Waals surface area contributed by atoms with Gasteiger partial charge in [-0.1, -0.05) is 24.3 Å². The highest BCUT2D eigenvalue weighted by molar-refractivity contribution is 5.61. The lowest BCUT2D eigenvalue weighted by Gasteiger charge is -2.40. The van der Waals surface area contributed by atoms with Gasteiger partial charge in [0, 0.05) is 18.1 Å². The maximum Gasteiger partial charge on any atom is 0.174 e. The molecule has 3 atom stereocenters. The molecule has 3 aromatic rings. The summed E-state index contributed by atoms with van der Waals surface area (Å²) in [6, 6.07) is 19.0. The van der Waals surface area contributed by atoms with Crippen molar-refractivity contribution in [2.24, 2.45) is 0 Å². The van der Waals surface area contributed by atoms with Gasteiger partial charge in [0.2, 0.25) is 0 Å². The minimum atomic E-state index is -1.43. The largest absolute Gasteiger partial charge is 0.496 e. The van der Waals surface area contributed by atoms with Gasteiger partial charge >= 0.3 is 0 Å². The molecule has 5 nitrogen and oxygen atoms in total. The molecule has 0 amide bonds. The fourth-order valence-electron chi connectivity index (χ4n) is 5.42. The summed E-state index contributed by atoms with van der Waals surface area (Å²) < 4.78 is 31.9. The van der Waals surface area contributed by atoms with Crippen molar-refractivity contribution in [3.63, 3.8) is 0 Å².